The standard InChI is InChI=1S/C18H29N3/c1-15-6-5-10-21(18(15)12-19)17-9-11-20(14-17)13-16-7-3-2-4-8-16/h2-4,7-8,15,17-18H,5-6,9-14,19H2,1H3. The molecule has 3 atom stereocenters. The van der Waals surface area contributed by atoms with Crippen LogP contribution in [0.3, 0.4) is 0 Å². The molecule has 21 heavy (non-hydrogen) atoms. The third kappa shape index (κ3) is 3.47. The van der Waals surface area contributed by atoms with E-state index < -0.39 is 0 Å². The number of hydrogen-bond acceptors (Lipinski definition) is 3. The Morgan fingerprint density at radius 3 is 2.71 bits per heavy atom. The van der Waals surface area contributed by atoms with Gasteiger partial charge in [-0.05, 0) is 37.3 Å². The van der Waals surface area contributed by atoms with Gasteiger partial charge in [-0.2, -0.15) is 0 Å². The van der Waals surface area contributed by atoms with Crippen LogP contribution in [0, 0.1) is 5.92 Å². The van der Waals surface area contributed by atoms with Crippen LogP contribution in [0.1, 0.15) is 31.7 Å². The SMILES string of the molecule is CC1CCCN(C2CCN(Cc3ccccc3)C2)C1CN. The van der Waals surface area contributed by atoms with Crippen molar-refractivity contribution < 1.29 is 0 Å². The molecule has 3 heteroatoms. The number of rotatable bonds is 4. The second-order valence-electron chi connectivity index (χ2n) is 6.82. The van der Waals surface area contributed by atoms with E-state index >= 15 is 0 Å². The summed E-state index contributed by atoms with van der Waals surface area (Å²) in [5.41, 5.74) is 7.49. The Morgan fingerprint density at radius 1 is 1.14 bits per heavy atom. The summed E-state index contributed by atoms with van der Waals surface area (Å²) >= 11 is 0. The van der Waals surface area contributed by atoms with Crippen LogP contribution in [0.25, 0.3) is 0 Å². The number of hydrogen-bond donors (Lipinski definition) is 1. The molecular weight excluding hydrogens is 258 g/mol. The van der Waals surface area contributed by atoms with Gasteiger partial charge >= 0.3 is 0 Å². The maximum atomic E-state index is 6.05. The van der Waals surface area contributed by atoms with Gasteiger partial charge in [-0.1, -0.05) is 37.3 Å². The molecule has 2 fully saturated rings. The molecule has 3 unspecified atom stereocenters. The zero-order chi connectivity index (χ0) is 14.7. The molecular formula is C18H29N3. The van der Waals surface area contributed by atoms with Gasteiger partial charge in [0.05, 0.1) is 0 Å². The van der Waals surface area contributed by atoms with Gasteiger partial charge in [0.2, 0.25) is 0 Å². The molecule has 0 spiro atoms. The highest BCUT2D eigenvalue weighted by molar-refractivity contribution is 5.14. The van der Waals surface area contributed by atoms with Crippen molar-refractivity contribution in [3.63, 3.8) is 0 Å². The molecule has 2 N–H and O–H groups in total. The smallest absolute Gasteiger partial charge is 0.0247 e. The molecule has 0 bridgehead atoms. The maximum absolute atomic E-state index is 6.05. The molecule has 0 saturated carbocycles. The van der Waals surface area contributed by atoms with E-state index in [4.69, 9.17) is 5.73 Å². The zero-order valence-corrected chi connectivity index (χ0v) is 13.2. The third-order valence-corrected chi connectivity index (χ3v) is 5.37. The van der Waals surface area contributed by atoms with Gasteiger partial charge < -0.3 is 5.73 Å². The summed E-state index contributed by atoms with van der Waals surface area (Å²) in [5, 5.41) is 0. The Balaban J connectivity index is 1.58. The van der Waals surface area contributed by atoms with Crippen molar-refractivity contribution in [2.45, 2.75) is 44.8 Å². The topological polar surface area (TPSA) is 32.5 Å². The molecule has 0 amide bonds. The fourth-order valence-electron chi connectivity index (χ4n) is 4.17. The Morgan fingerprint density at radius 2 is 1.95 bits per heavy atom. The van der Waals surface area contributed by atoms with Gasteiger partial charge in [0.25, 0.3) is 0 Å². The number of likely N-dealkylation sites (tertiary alicyclic amines) is 2. The van der Waals surface area contributed by atoms with E-state index in [-0.39, 0.29) is 0 Å². The van der Waals surface area contributed by atoms with E-state index in [1.807, 2.05) is 0 Å². The molecule has 0 aromatic heterocycles. The summed E-state index contributed by atoms with van der Waals surface area (Å²) in [4.78, 5) is 5.33. The highest BCUT2D eigenvalue weighted by Crippen LogP contribution is 2.28. The van der Waals surface area contributed by atoms with Crippen molar-refractivity contribution in [3.05, 3.63) is 35.9 Å². The summed E-state index contributed by atoms with van der Waals surface area (Å²) in [6.45, 7) is 7.96. The molecule has 116 valence electrons. The fourth-order valence-corrected chi connectivity index (χ4v) is 4.17. The molecule has 2 aliphatic rings. The average molecular weight is 287 g/mol. The summed E-state index contributed by atoms with van der Waals surface area (Å²) in [5.74, 6) is 0.756. The third-order valence-electron chi connectivity index (χ3n) is 5.37. The normalized spacial score (nSPS) is 31.6. The van der Waals surface area contributed by atoms with Crippen LogP contribution in [0.5, 0.6) is 0 Å². The molecule has 2 heterocycles. The molecule has 1 aromatic carbocycles. The lowest BCUT2D eigenvalue weighted by atomic mass is 9.89. The Hall–Kier alpha value is -0.900. The van der Waals surface area contributed by atoms with Crippen LogP contribution >= 0.6 is 0 Å². The molecule has 3 rings (SSSR count). The van der Waals surface area contributed by atoms with Crippen LogP contribution in [-0.4, -0.2) is 48.1 Å². The molecule has 0 radical (unpaired) electrons. The van der Waals surface area contributed by atoms with Crippen molar-refractivity contribution in [2.24, 2.45) is 11.7 Å². The second-order valence-corrected chi connectivity index (χ2v) is 6.82. The Bertz CT molecular complexity index is 433. The molecule has 2 aliphatic heterocycles. The van der Waals surface area contributed by atoms with Gasteiger partial charge in [0.1, 0.15) is 0 Å². The van der Waals surface area contributed by atoms with Crippen LogP contribution in [0.2, 0.25) is 0 Å². The highest BCUT2D eigenvalue weighted by Gasteiger charge is 2.35. The number of nitrogens with two attached hydrogens (primary N) is 1. The molecule has 3 nitrogen and oxygen atoms in total. The minimum absolute atomic E-state index is 0.598. The van der Waals surface area contributed by atoms with Crippen molar-refractivity contribution in [2.75, 3.05) is 26.2 Å². The lowest BCUT2D eigenvalue weighted by Crippen LogP contribution is -2.53. The van der Waals surface area contributed by atoms with Crippen LogP contribution in [0.4, 0.5) is 0 Å². The number of benzene rings is 1. The van der Waals surface area contributed by atoms with Crippen LogP contribution in [-0.2, 0) is 6.54 Å². The lowest BCUT2D eigenvalue weighted by Gasteiger charge is -2.43. The lowest BCUT2D eigenvalue weighted by molar-refractivity contribution is 0.0645. The first-order chi connectivity index (χ1) is 10.3. The van der Waals surface area contributed by atoms with E-state index in [2.05, 4.69) is 47.1 Å². The largest absolute Gasteiger partial charge is 0.329 e. The van der Waals surface area contributed by atoms with Crippen molar-refractivity contribution in [1.82, 2.24) is 9.80 Å². The monoisotopic (exact) mass is 287 g/mol. The highest BCUT2D eigenvalue weighted by atomic mass is 15.3. The first-order valence-corrected chi connectivity index (χ1v) is 8.50. The van der Waals surface area contributed by atoms with Crippen molar-refractivity contribution in [3.8, 4) is 0 Å². The van der Waals surface area contributed by atoms with E-state index in [1.54, 1.807) is 0 Å². The fraction of sp³-hybridized carbons (Fsp3) is 0.667. The Kier molecular flexibility index (Phi) is 4.94. The average Bonchev–Trinajstić information content (AvgIpc) is 2.96. The summed E-state index contributed by atoms with van der Waals surface area (Å²) in [7, 11) is 0. The molecule has 1 aromatic rings. The predicted octanol–water partition coefficient (Wildman–Crippen LogP) is 2.32. The van der Waals surface area contributed by atoms with Crippen LogP contribution < -0.4 is 5.73 Å². The Labute approximate surface area is 129 Å². The minimum atomic E-state index is 0.598. The summed E-state index contributed by atoms with van der Waals surface area (Å²) < 4.78 is 0. The van der Waals surface area contributed by atoms with E-state index in [0.717, 1.165) is 19.0 Å². The van der Waals surface area contributed by atoms with Gasteiger partial charge in [-0.3, -0.25) is 9.80 Å². The maximum Gasteiger partial charge on any atom is 0.0247 e. The van der Waals surface area contributed by atoms with Gasteiger partial charge in [0.15, 0.2) is 0 Å². The number of nitrogens with zero attached hydrogens (tertiary/aromatic N) is 2. The summed E-state index contributed by atoms with van der Waals surface area (Å²) in [6, 6.07) is 12.2. The van der Waals surface area contributed by atoms with E-state index in [9.17, 15) is 0 Å². The van der Waals surface area contributed by atoms with Crippen molar-refractivity contribution >= 4 is 0 Å². The zero-order valence-electron chi connectivity index (χ0n) is 13.2. The van der Waals surface area contributed by atoms with Crippen LogP contribution in [0.15, 0.2) is 30.3 Å². The van der Waals surface area contributed by atoms with Gasteiger partial charge in [-0.15, -0.1) is 0 Å². The second kappa shape index (κ2) is 6.91. The van der Waals surface area contributed by atoms with E-state index in [1.165, 1.54) is 44.5 Å². The first-order valence-electron chi connectivity index (χ1n) is 8.50. The van der Waals surface area contributed by atoms with Gasteiger partial charge in [0, 0.05) is 38.3 Å². The number of piperidine rings is 1. The predicted molar refractivity (Wildman–Crippen MR) is 88.1 cm³/mol. The van der Waals surface area contributed by atoms with Gasteiger partial charge in [-0.25, -0.2) is 0 Å². The quantitative estimate of drug-likeness (QED) is 0.922. The minimum Gasteiger partial charge on any atom is -0.329 e. The van der Waals surface area contributed by atoms with Crippen molar-refractivity contribution in [1.29, 1.82) is 0 Å². The molecule has 2 saturated heterocycles. The summed E-state index contributed by atoms with van der Waals surface area (Å²) in [6.07, 6.45) is 3.99. The molecule has 0 aliphatic carbocycles. The van der Waals surface area contributed by atoms with E-state index in [0.29, 0.717) is 12.1 Å². The first kappa shape index (κ1) is 15.0.